The quantitative estimate of drug-likeness (QED) is 0.895. The first kappa shape index (κ1) is 15.0. The van der Waals surface area contributed by atoms with E-state index in [1.54, 1.807) is 12.1 Å². The van der Waals surface area contributed by atoms with Crippen LogP contribution in [0, 0.1) is 5.82 Å². The van der Waals surface area contributed by atoms with Gasteiger partial charge in [0.25, 0.3) is 5.88 Å². The molecule has 0 aliphatic rings. The van der Waals surface area contributed by atoms with Crippen molar-refractivity contribution in [3.63, 3.8) is 0 Å². The van der Waals surface area contributed by atoms with Crippen LogP contribution < -0.4 is 4.74 Å². The third-order valence-corrected chi connectivity index (χ3v) is 3.36. The molecular weight excluding hydrogens is 273 g/mol. The molecule has 0 amide bonds. The summed E-state index contributed by atoms with van der Waals surface area (Å²) in [6.07, 6.45) is 2.23. The van der Waals surface area contributed by atoms with Gasteiger partial charge in [0, 0.05) is 6.20 Å². The molecule has 0 aliphatic heterocycles. The van der Waals surface area contributed by atoms with E-state index in [2.05, 4.69) is 18.8 Å². The maximum atomic E-state index is 13.9. The molecule has 4 nitrogen and oxygen atoms in total. The highest BCUT2D eigenvalue weighted by Crippen LogP contribution is 2.26. The topological polar surface area (TPSA) is 59.4 Å². The van der Waals surface area contributed by atoms with Crippen molar-refractivity contribution >= 4 is 5.97 Å². The highest BCUT2D eigenvalue weighted by Gasteiger charge is 2.16. The highest BCUT2D eigenvalue weighted by atomic mass is 19.1. The number of aromatic carboxylic acids is 1. The van der Waals surface area contributed by atoms with E-state index in [0.717, 1.165) is 18.1 Å². The minimum Gasteiger partial charge on any atom is -0.478 e. The molecule has 0 saturated heterocycles. The zero-order valence-electron chi connectivity index (χ0n) is 11.8. The lowest BCUT2D eigenvalue weighted by molar-refractivity contribution is 0.0690. The fourth-order valence-corrected chi connectivity index (χ4v) is 1.87. The van der Waals surface area contributed by atoms with Gasteiger partial charge in [-0.25, -0.2) is 14.2 Å². The van der Waals surface area contributed by atoms with Crippen LogP contribution in [0.2, 0.25) is 0 Å². The predicted octanol–water partition coefficient (Wildman–Crippen LogP) is 4.22. The van der Waals surface area contributed by atoms with E-state index in [9.17, 15) is 9.18 Å². The number of halogens is 1. The van der Waals surface area contributed by atoms with E-state index < -0.39 is 17.3 Å². The van der Waals surface area contributed by atoms with Crippen molar-refractivity contribution < 1.29 is 19.0 Å². The Balaban J connectivity index is 2.22. The average Bonchev–Trinajstić information content (AvgIpc) is 2.49. The Bertz CT molecular complexity index is 640. The van der Waals surface area contributed by atoms with Crippen molar-refractivity contribution in [3.8, 4) is 11.6 Å². The lowest BCUT2D eigenvalue weighted by Crippen LogP contribution is -2.03. The van der Waals surface area contributed by atoms with Crippen LogP contribution in [0.5, 0.6) is 11.6 Å². The minimum atomic E-state index is -1.35. The zero-order valence-corrected chi connectivity index (χ0v) is 11.8. The van der Waals surface area contributed by atoms with Crippen molar-refractivity contribution in [2.24, 2.45) is 0 Å². The Morgan fingerprint density at radius 1 is 1.33 bits per heavy atom. The van der Waals surface area contributed by atoms with Gasteiger partial charge in [0.1, 0.15) is 11.3 Å². The maximum absolute atomic E-state index is 13.9. The smallest absolute Gasteiger partial charge is 0.338 e. The molecule has 2 rings (SSSR count). The van der Waals surface area contributed by atoms with Crippen molar-refractivity contribution in [3.05, 3.63) is 53.5 Å². The van der Waals surface area contributed by atoms with E-state index in [1.165, 1.54) is 6.20 Å². The molecule has 110 valence electrons. The van der Waals surface area contributed by atoms with E-state index in [-0.39, 0.29) is 5.88 Å². The lowest BCUT2D eigenvalue weighted by atomic mass is 9.99. The summed E-state index contributed by atoms with van der Waals surface area (Å²) in [5, 5.41) is 8.86. The first-order valence-electron chi connectivity index (χ1n) is 6.68. The van der Waals surface area contributed by atoms with Gasteiger partial charge in [0.15, 0.2) is 5.82 Å². The number of rotatable bonds is 5. The summed E-state index contributed by atoms with van der Waals surface area (Å²) in [7, 11) is 0. The van der Waals surface area contributed by atoms with Gasteiger partial charge in [0.05, 0.1) is 0 Å². The molecule has 1 atom stereocenters. The summed E-state index contributed by atoms with van der Waals surface area (Å²) in [6.45, 7) is 4.22. The van der Waals surface area contributed by atoms with Crippen molar-refractivity contribution in [2.45, 2.75) is 26.2 Å². The van der Waals surface area contributed by atoms with Gasteiger partial charge in [-0.3, -0.25) is 0 Å². The van der Waals surface area contributed by atoms with Gasteiger partial charge in [-0.05, 0) is 36.1 Å². The third-order valence-electron chi connectivity index (χ3n) is 3.36. The van der Waals surface area contributed by atoms with Gasteiger partial charge < -0.3 is 9.84 Å². The second kappa shape index (κ2) is 6.35. The fraction of sp³-hybridized carbons (Fsp3) is 0.250. The Morgan fingerprint density at radius 2 is 2.00 bits per heavy atom. The number of carboxylic acid groups (broad SMARTS) is 1. The van der Waals surface area contributed by atoms with Crippen LogP contribution in [-0.4, -0.2) is 16.1 Å². The zero-order chi connectivity index (χ0) is 15.4. The summed E-state index contributed by atoms with van der Waals surface area (Å²) >= 11 is 0. The number of pyridine rings is 1. The number of benzene rings is 1. The molecule has 0 saturated carbocycles. The molecule has 21 heavy (non-hydrogen) atoms. The number of nitrogens with zero attached hydrogens (tertiary/aromatic N) is 1. The van der Waals surface area contributed by atoms with Gasteiger partial charge in [0.2, 0.25) is 0 Å². The molecule has 0 radical (unpaired) electrons. The normalized spacial score (nSPS) is 12.0. The summed E-state index contributed by atoms with van der Waals surface area (Å²) in [5.41, 5.74) is 0.703. The second-order valence-corrected chi connectivity index (χ2v) is 4.76. The van der Waals surface area contributed by atoms with Crippen LogP contribution in [0.25, 0.3) is 0 Å². The molecular formula is C16H16FNO3. The summed E-state index contributed by atoms with van der Waals surface area (Å²) in [4.78, 5) is 14.6. The highest BCUT2D eigenvalue weighted by molar-refractivity contribution is 5.88. The van der Waals surface area contributed by atoms with Crippen molar-refractivity contribution in [1.29, 1.82) is 0 Å². The van der Waals surface area contributed by atoms with Crippen LogP contribution in [0.4, 0.5) is 4.39 Å². The summed E-state index contributed by atoms with van der Waals surface area (Å²) in [6, 6.07) is 8.34. The van der Waals surface area contributed by atoms with Crippen LogP contribution in [0.1, 0.15) is 42.1 Å². The van der Waals surface area contributed by atoms with Gasteiger partial charge >= 0.3 is 5.97 Å². The number of hydrogen-bond donors (Lipinski definition) is 1. The largest absolute Gasteiger partial charge is 0.478 e. The molecule has 0 aliphatic carbocycles. The number of carboxylic acids is 1. The molecule has 0 bridgehead atoms. The Morgan fingerprint density at radius 3 is 2.57 bits per heavy atom. The maximum Gasteiger partial charge on any atom is 0.338 e. The number of ether oxygens (including phenoxy) is 1. The monoisotopic (exact) mass is 289 g/mol. The minimum absolute atomic E-state index is 0.341. The van der Waals surface area contributed by atoms with Crippen LogP contribution in [0.15, 0.2) is 36.5 Å². The summed E-state index contributed by atoms with van der Waals surface area (Å²) < 4.78 is 19.2. The molecule has 1 aromatic carbocycles. The molecule has 1 aromatic heterocycles. The van der Waals surface area contributed by atoms with Gasteiger partial charge in [-0.15, -0.1) is 0 Å². The van der Waals surface area contributed by atoms with Crippen LogP contribution >= 0.6 is 0 Å². The number of hydrogen-bond acceptors (Lipinski definition) is 3. The Labute approximate surface area is 122 Å². The molecule has 2 aromatic rings. The number of aromatic nitrogens is 1. The fourth-order valence-electron chi connectivity index (χ4n) is 1.87. The van der Waals surface area contributed by atoms with E-state index >= 15 is 0 Å². The van der Waals surface area contributed by atoms with Gasteiger partial charge in [-0.2, -0.15) is 0 Å². The Kier molecular flexibility index (Phi) is 4.52. The first-order valence-corrected chi connectivity index (χ1v) is 6.68. The molecule has 1 unspecified atom stereocenters. The molecule has 1 N–H and O–H groups in total. The Hall–Kier alpha value is -2.43. The predicted molar refractivity (Wildman–Crippen MR) is 76.4 cm³/mol. The second-order valence-electron chi connectivity index (χ2n) is 4.76. The van der Waals surface area contributed by atoms with Crippen molar-refractivity contribution in [2.75, 3.05) is 0 Å². The SMILES string of the molecule is CCC(C)c1ccc(Oc2nccc(C(=O)O)c2F)cc1. The standard InChI is InChI=1S/C16H16FNO3/c1-3-10(2)11-4-6-12(7-5-11)21-15-14(17)13(16(19)20)8-9-18-15/h4-10H,3H2,1-2H3,(H,19,20). The lowest BCUT2D eigenvalue weighted by Gasteiger charge is -2.10. The molecule has 0 fully saturated rings. The van der Waals surface area contributed by atoms with Crippen LogP contribution in [0.3, 0.4) is 0 Å². The summed E-state index contributed by atoms with van der Waals surface area (Å²) in [5.74, 6) is -1.82. The van der Waals surface area contributed by atoms with Gasteiger partial charge in [-0.1, -0.05) is 26.0 Å². The first-order chi connectivity index (χ1) is 10.0. The van der Waals surface area contributed by atoms with Crippen LogP contribution in [-0.2, 0) is 0 Å². The van der Waals surface area contributed by atoms with E-state index in [0.29, 0.717) is 11.7 Å². The van der Waals surface area contributed by atoms with E-state index in [1.807, 2.05) is 12.1 Å². The molecule has 0 spiro atoms. The van der Waals surface area contributed by atoms with Crippen molar-refractivity contribution in [1.82, 2.24) is 4.98 Å². The number of carbonyl (C=O) groups is 1. The molecule has 1 heterocycles. The average molecular weight is 289 g/mol. The molecule has 5 heteroatoms. The van der Waals surface area contributed by atoms with E-state index in [4.69, 9.17) is 9.84 Å². The third kappa shape index (κ3) is 3.37.